The minimum Gasteiger partial charge on any atom is -0.444 e. The van der Waals surface area contributed by atoms with Crippen LogP contribution >= 0.6 is 11.9 Å². The molecule has 0 bridgehead atoms. The fourth-order valence-electron chi connectivity index (χ4n) is 2.42. The molecule has 2 rings (SSSR count). The summed E-state index contributed by atoms with van der Waals surface area (Å²) in [7, 11) is 0. The largest absolute Gasteiger partial charge is 0.444 e. The smallest absolute Gasteiger partial charge is 0.410 e. The third-order valence-corrected chi connectivity index (χ3v) is 4.64. The van der Waals surface area contributed by atoms with E-state index in [1.54, 1.807) is 23.1 Å². The highest BCUT2D eigenvalue weighted by atomic mass is 32.2. The number of nitrogens with zero attached hydrogens (tertiary/aromatic N) is 3. The molecule has 1 atom stereocenters. The molecule has 0 aromatic heterocycles. The van der Waals surface area contributed by atoms with Crippen LogP contribution in [0.2, 0.25) is 0 Å². The Morgan fingerprint density at radius 1 is 1.33 bits per heavy atom. The van der Waals surface area contributed by atoms with Gasteiger partial charge in [-0.15, -0.1) is 0 Å². The van der Waals surface area contributed by atoms with Crippen molar-refractivity contribution in [2.24, 2.45) is 0 Å². The lowest BCUT2D eigenvalue weighted by molar-refractivity contribution is -0.387. The van der Waals surface area contributed by atoms with Crippen LogP contribution in [0, 0.1) is 10.1 Å². The molecular weight excluding hydrogens is 330 g/mol. The van der Waals surface area contributed by atoms with Crippen molar-refractivity contribution in [2.45, 2.75) is 44.2 Å². The Hall–Kier alpha value is -1.80. The van der Waals surface area contributed by atoms with E-state index in [0.717, 1.165) is 0 Å². The second kappa shape index (κ2) is 7.40. The van der Waals surface area contributed by atoms with Gasteiger partial charge in [0.25, 0.3) is 5.69 Å². The fraction of sp³-hybridized carbons (Fsp3) is 0.562. The lowest BCUT2D eigenvalue weighted by Crippen LogP contribution is -2.53. The first-order valence-corrected chi connectivity index (χ1v) is 8.60. The Morgan fingerprint density at radius 2 is 2.00 bits per heavy atom. The molecule has 1 aromatic rings. The molecule has 1 aliphatic heterocycles. The first-order valence-electron chi connectivity index (χ1n) is 7.83. The zero-order valence-corrected chi connectivity index (χ0v) is 15.2. The summed E-state index contributed by atoms with van der Waals surface area (Å²) < 4.78 is 7.47. The van der Waals surface area contributed by atoms with Crippen LogP contribution in [-0.2, 0) is 4.74 Å². The van der Waals surface area contributed by atoms with Crippen molar-refractivity contribution >= 4 is 23.7 Å². The van der Waals surface area contributed by atoms with Crippen LogP contribution in [0.5, 0.6) is 0 Å². The molecule has 1 fully saturated rings. The summed E-state index contributed by atoms with van der Waals surface area (Å²) in [4.78, 5) is 25.3. The first kappa shape index (κ1) is 18.5. The number of hydrogen-bond acceptors (Lipinski definition) is 6. The topological polar surface area (TPSA) is 75.9 Å². The maximum Gasteiger partial charge on any atom is 0.410 e. The van der Waals surface area contributed by atoms with Gasteiger partial charge in [-0.05, 0) is 45.7 Å². The van der Waals surface area contributed by atoms with Gasteiger partial charge < -0.3 is 9.64 Å². The molecule has 0 saturated carbocycles. The van der Waals surface area contributed by atoms with E-state index in [9.17, 15) is 14.9 Å². The van der Waals surface area contributed by atoms with Crippen molar-refractivity contribution in [3.8, 4) is 0 Å². The molecule has 1 unspecified atom stereocenters. The number of carbonyl (C=O) groups excluding carboxylic acids is 1. The quantitative estimate of drug-likeness (QED) is 0.470. The van der Waals surface area contributed by atoms with E-state index >= 15 is 0 Å². The molecule has 0 spiro atoms. The third kappa shape index (κ3) is 4.85. The van der Waals surface area contributed by atoms with Gasteiger partial charge in [-0.3, -0.25) is 10.1 Å². The molecule has 1 aromatic carbocycles. The van der Waals surface area contributed by atoms with Crippen LogP contribution in [-0.4, -0.2) is 51.5 Å². The van der Waals surface area contributed by atoms with E-state index in [1.807, 2.05) is 32.0 Å². The number of nitro groups is 1. The van der Waals surface area contributed by atoms with Crippen molar-refractivity contribution in [3.05, 3.63) is 34.4 Å². The highest BCUT2D eigenvalue weighted by molar-refractivity contribution is 7.97. The van der Waals surface area contributed by atoms with Gasteiger partial charge in [0, 0.05) is 31.7 Å². The Morgan fingerprint density at radius 3 is 2.58 bits per heavy atom. The summed E-state index contributed by atoms with van der Waals surface area (Å²) in [6.07, 6.45) is -0.314. The van der Waals surface area contributed by atoms with Crippen molar-refractivity contribution in [2.75, 3.05) is 19.6 Å². The number of carbonyl (C=O) groups is 1. The highest BCUT2D eigenvalue weighted by Gasteiger charge is 2.31. The number of benzene rings is 1. The number of para-hydroxylation sites is 1. The number of nitro benzene ring substituents is 1. The average molecular weight is 353 g/mol. The second-order valence-electron chi connectivity index (χ2n) is 6.73. The standard InChI is InChI=1S/C16H23N3O4S/c1-12-11-17(9-10-18(12)15(20)23-16(2,3)4)24-14-8-6-5-7-13(14)19(21)22/h5-8,12H,9-11H2,1-4H3. The van der Waals surface area contributed by atoms with E-state index in [0.29, 0.717) is 24.5 Å². The second-order valence-corrected chi connectivity index (χ2v) is 7.87. The van der Waals surface area contributed by atoms with Gasteiger partial charge in [-0.1, -0.05) is 12.1 Å². The van der Waals surface area contributed by atoms with E-state index in [4.69, 9.17) is 4.74 Å². The van der Waals surface area contributed by atoms with Gasteiger partial charge in [0.15, 0.2) is 0 Å². The summed E-state index contributed by atoms with van der Waals surface area (Å²) >= 11 is 1.36. The predicted molar refractivity (Wildman–Crippen MR) is 92.9 cm³/mol. The van der Waals surface area contributed by atoms with Gasteiger partial charge in [0.1, 0.15) is 10.5 Å². The van der Waals surface area contributed by atoms with Crippen LogP contribution in [0.1, 0.15) is 27.7 Å². The van der Waals surface area contributed by atoms with Gasteiger partial charge >= 0.3 is 6.09 Å². The minimum atomic E-state index is -0.520. The maximum atomic E-state index is 12.2. The molecule has 8 heteroatoms. The Labute approximate surface area is 146 Å². The number of ether oxygens (including phenoxy) is 1. The Bertz CT molecular complexity index is 618. The van der Waals surface area contributed by atoms with E-state index < -0.39 is 5.60 Å². The molecule has 1 saturated heterocycles. The summed E-state index contributed by atoms with van der Waals surface area (Å²) in [6, 6.07) is 6.67. The molecule has 0 radical (unpaired) electrons. The van der Waals surface area contributed by atoms with Crippen LogP contribution in [0.4, 0.5) is 10.5 Å². The first-order chi connectivity index (χ1) is 11.2. The third-order valence-electron chi connectivity index (χ3n) is 3.51. The predicted octanol–water partition coefficient (Wildman–Crippen LogP) is 3.54. The Balaban J connectivity index is 1.99. The van der Waals surface area contributed by atoms with Crippen molar-refractivity contribution < 1.29 is 14.5 Å². The monoisotopic (exact) mass is 353 g/mol. The van der Waals surface area contributed by atoms with Crippen molar-refractivity contribution in [1.82, 2.24) is 9.21 Å². The number of piperazine rings is 1. The molecule has 1 aliphatic rings. The lowest BCUT2D eigenvalue weighted by Gasteiger charge is -2.39. The van der Waals surface area contributed by atoms with Gasteiger partial charge in [-0.25, -0.2) is 9.10 Å². The van der Waals surface area contributed by atoms with Crippen molar-refractivity contribution in [1.29, 1.82) is 0 Å². The van der Waals surface area contributed by atoms with Gasteiger partial charge in [0.05, 0.1) is 4.92 Å². The molecule has 24 heavy (non-hydrogen) atoms. The van der Waals surface area contributed by atoms with Crippen LogP contribution in [0.3, 0.4) is 0 Å². The zero-order chi connectivity index (χ0) is 17.9. The average Bonchev–Trinajstić information content (AvgIpc) is 2.45. The number of hydrogen-bond donors (Lipinski definition) is 0. The van der Waals surface area contributed by atoms with Gasteiger partial charge in [-0.2, -0.15) is 0 Å². The summed E-state index contributed by atoms with van der Waals surface area (Å²) in [6.45, 7) is 9.26. The SMILES string of the molecule is CC1CN(Sc2ccccc2[N+](=O)[O-])CCN1C(=O)OC(C)(C)C. The maximum absolute atomic E-state index is 12.2. The molecule has 1 heterocycles. The summed E-state index contributed by atoms with van der Waals surface area (Å²) in [5, 5.41) is 11.1. The van der Waals surface area contributed by atoms with E-state index in [2.05, 4.69) is 0 Å². The highest BCUT2D eigenvalue weighted by Crippen LogP contribution is 2.32. The zero-order valence-electron chi connectivity index (χ0n) is 14.4. The van der Waals surface area contributed by atoms with Crippen LogP contribution < -0.4 is 0 Å². The summed E-state index contributed by atoms with van der Waals surface area (Å²) in [5.74, 6) is 0. The number of rotatable bonds is 3. The molecule has 0 aliphatic carbocycles. The van der Waals surface area contributed by atoms with Gasteiger partial charge in [0.2, 0.25) is 0 Å². The van der Waals surface area contributed by atoms with Crippen LogP contribution in [0.15, 0.2) is 29.2 Å². The lowest BCUT2D eigenvalue weighted by atomic mass is 10.2. The molecule has 132 valence electrons. The van der Waals surface area contributed by atoms with Crippen molar-refractivity contribution in [3.63, 3.8) is 0 Å². The molecule has 7 nitrogen and oxygen atoms in total. The normalized spacial score (nSPS) is 19.2. The number of amides is 1. The molecule has 0 N–H and O–H groups in total. The Kier molecular flexibility index (Phi) is 5.71. The minimum absolute atomic E-state index is 0.0242. The summed E-state index contributed by atoms with van der Waals surface area (Å²) in [5.41, 5.74) is -0.419. The molecular formula is C16H23N3O4S. The fourth-order valence-corrected chi connectivity index (χ4v) is 3.54. The van der Waals surface area contributed by atoms with E-state index in [1.165, 1.54) is 18.0 Å². The molecule has 1 amide bonds. The van der Waals surface area contributed by atoms with Crippen LogP contribution in [0.25, 0.3) is 0 Å². The van der Waals surface area contributed by atoms with E-state index in [-0.39, 0.29) is 22.7 Å².